The maximum absolute atomic E-state index is 12.1. The normalized spacial score (nSPS) is 13.3. The van der Waals surface area contributed by atoms with Crippen molar-refractivity contribution in [3.8, 4) is 0 Å². The first-order chi connectivity index (χ1) is 17.7. The molecule has 0 aromatic rings. The monoisotopic (exact) mass is 509 g/mol. The molecular formula is C32H63NO3. The van der Waals surface area contributed by atoms with Crippen LogP contribution in [-0.4, -0.2) is 34.9 Å². The van der Waals surface area contributed by atoms with Gasteiger partial charge in [0, 0.05) is 6.42 Å². The van der Waals surface area contributed by atoms with E-state index in [9.17, 15) is 15.0 Å². The van der Waals surface area contributed by atoms with Crippen LogP contribution in [0.3, 0.4) is 0 Å². The van der Waals surface area contributed by atoms with E-state index in [1.165, 1.54) is 122 Å². The minimum Gasteiger partial charge on any atom is -0.394 e. The van der Waals surface area contributed by atoms with Gasteiger partial charge in [-0.05, 0) is 19.3 Å². The highest BCUT2D eigenvalue weighted by Crippen LogP contribution is 2.14. The first-order valence-corrected chi connectivity index (χ1v) is 15.9. The van der Waals surface area contributed by atoms with Gasteiger partial charge in [-0.25, -0.2) is 0 Å². The zero-order chi connectivity index (χ0) is 26.5. The van der Waals surface area contributed by atoms with Gasteiger partial charge in [0.2, 0.25) is 5.91 Å². The molecule has 214 valence electrons. The van der Waals surface area contributed by atoms with Crippen LogP contribution in [0.4, 0.5) is 0 Å². The molecule has 0 aliphatic heterocycles. The Kier molecular flexibility index (Phi) is 28.0. The Hall–Kier alpha value is -0.870. The first-order valence-electron chi connectivity index (χ1n) is 15.9. The smallest absolute Gasteiger partial charge is 0.220 e. The van der Waals surface area contributed by atoms with Gasteiger partial charge in [-0.1, -0.05) is 154 Å². The third-order valence-corrected chi connectivity index (χ3v) is 7.27. The van der Waals surface area contributed by atoms with Gasteiger partial charge < -0.3 is 15.5 Å². The van der Waals surface area contributed by atoms with E-state index in [1.807, 2.05) is 6.08 Å². The van der Waals surface area contributed by atoms with E-state index in [4.69, 9.17) is 0 Å². The topological polar surface area (TPSA) is 69.6 Å². The largest absolute Gasteiger partial charge is 0.394 e. The molecule has 3 N–H and O–H groups in total. The first kappa shape index (κ1) is 35.1. The fourth-order valence-corrected chi connectivity index (χ4v) is 4.76. The average Bonchev–Trinajstić information content (AvgIpc) is 2.88. The lowest BCUT2D eigenvalue weighted by Crippen LogP contribution is -2.45. The molecule has 0 aromatic carbocycles. The number of unbranched alkanes of at least 4 members (excludes halogenated alkanes) is 21. The predicted octanol–water partition coefficient (Wildman–Crippen LogP) is 8.78. The number of carbonyl (C=O) groups excluding carboxylic acids is 1. The average molecular weight is 510 g/mol. The summed E-state index contributed by atoms with van der Waals surface area (Å²) in [6, 6.07) is -0.612. The molecule has 0 unspecified atom stereocenters. The van der Waals surface area contributed by atoms with Crippen molar-refractivity contribution in [1.82, 2.24) is 5.32 Å². The fourth-order valence-electron chi connectivity index (χ4n) is 4.76. The van der Waals surface area contributed by atoms with Crippen molar-refractivity contribution in [2.75, 3.05) is 6.61 Å². The minimum atomic E-state index is -0.829. The van der Waals surface area contributed by atoms with Gasteiger partial charge in [-0.3, -0.25) is 4.79 Å². The lowest BCUT2D eigenvalue weighted by Gasteiger charge is -2.20. The van der Waals surface area contributed by atoms with Gasteiger partial charge in [0.1, 0.15) is 0 Å². The van der Waals surface area contributed by atoms with Crippen LogP contribution in [0.1, 0.15) is 168 Å². The van der Waals surface area contributed by atoms with E-state index in [2.05, 4.69) is 19.2 Å². The zero-order valence-electron chi connectivity index (χ0n) is 24.3. The summed E-state index contributed by atoms with van der Waals surface area (Å²) in [5.74, 6) is -0.0718. The van der Waals surface area contributed by atoms with Crippen LogP contribution < -0.4 is 5.32 Å². The van der Waals surface area contributed by atoms with Gasteiger partial charge in [0.15, 0.2) is 0 Å². The van der Waals surface area contributed by atoms with Crippen LogP contribution in [0.5, 0.6) is 0 Å². The summed E-state index contributed by atoms with van der Waals surface area (Å²) in [5.41, 5.74) is 0. The van der Waals surface area contributed by atoms with Gasteiger partial charge in [0.05, 0.1) is 18.8 Å². The lowest BCUT2D eigenvalue weighted by molar-refractivity contribution is -0.123. The van der Waals surface area contributed by atoms with E-state index < -0.39 is 12.1 Å². The highest BCUT2D eigenvalue weighted by molar-refractivity contribution is 5.76. The molecule has 0 spiro atoms. The summed E-state index contributed by atoms with van der Waals surface area (Å²) in [4.78, 5) is 12.1. The van der Waals surface area contributed by atoms with E-state index in [-0.39, 0.29) is 12.5 Å². The Morgan fingerprint density at radius 3 is 1.44 bits per heavy atom. The van der Waals surface area contributed by atoms with Crippen molar-refractivity contribution in [1.29, 1.82) is 0 Å². The van der Waals surface area contributed by atoms with Crippen LogP contribution in [0.15, 0.2) is 12.2 Å². The number of aliphatic hydroxyl groups excluding tert-OH is 2. The number of hydrogen-bond donors (Lipinski definition) is 3. The fraction of sp³-hybridized carbons (Fsp3) is 0.906. The van der Waals surface area contributed by atoms with Gasteiger partial charge in [-0.2, -0.15) is 0 Å². The predicted molar refractivity (Wildman–Crippen MR) is 156 cm³/mol. The number of aliphatic hydroxyl groups is 2. The third kappa shape index (κ3) is 24.8. The Balaban J connectivity index is 3.60. The molecule has 4 nitrogen and oxygen atoms in total. The summed E-state index contributed by atoms with van der Waals surface area (Å²) in [5, 5.41) is 22.7. The number of carbonyl (C=O) groups is 1. The molecule has 0 radical (unpaired) electrons. The Bertz CT molecular complexity index is 480. The Morgan fingerprint density at radius 2 is 1.03 bits per heavy atom. The van der Waals surface area contributed by atoms with Crippen molar-refractivity contribution in [2.45, 2.75) is 180 Å². The highest BCUT2D eigenvalue weighted by Gasteiger charge is 2.17. The number of amides is 1. The molecule has 0 fully saturated rings. The van der Waals surface area contributed by atoms with E-state index in [1.54, 1.807) is 6.08 Å². The van der Waals surface area contributed by atoms with E-state index in [0.29, 0.717) is 6.42 Å². The molecule has 0 aromatic heterocycles. The molecule has 0 aliphatic rings. The standard InChI is InChI=1S/C32H63NO3/c1-3-5-7-9-11-12-13-14-15-16-17-18-19-20-22-23-25-27-31(35)30(29-34)33-32(36)28-26-24-21-10-8-6-4-2/h25,27,30-31,34-35H,3-24,26,28-29H2,1-2H3,(H,33,36)/b27-25+/t30-,31+/m0/s1. The number of hydrogen-bond acceptors (Lipinski definition) is 3. The van der Waals surface area contributed by atoms with Crippen molar-refractivity contribution in [2.24, 2.45) is 0 Å². The Labute approximate surface area is 225 Å². The Morgan fingerprint density at radius 1 is 0.639 bits per heavy atom. The maximum Gasteiger partial charge on any atom is 0.220 e. The van der Waals surface area contributed by atoms with Crippen LogP contribution in [0, 0.1) is 0 Å². The second-order valence-corrected chi connectivity index (χ2v) is 10.9. The second-order valence-electron chi connectivity index (χ2n) is 10.9. The van der Waals surface area contributed by atoms with Crippen molar-refractivity contribution in [3.05, 3.63) is 12.2 Å². The summed E-state index contributed by atoms with van der Waals surface area (Å²) in [6.07, 6.45) is 33.0. The van der Waals surface area contributed by atoms with Crippen LogP contribution in [0.25, 0.3) is 0 Å². The number of rotatable bonds is 28. The lowest BCUT2D eigenvalue weighted by atomic mass is 10.0. The minimum absolute atomic E-state index is 0.0718. The van der Waals surface area contributed by atoms with Gasteiger partial charge in [-0.15, -0.1) is 0 Å². The third-order valence-electron chi connectivity index (χ3n) is 7.27. The molecule has 0 heterocycles. The highest BCUT2D eigenvalue weighted by atomic mass is 16.3. The second kappa shape index (κ2) is 28.7. The summed E-state index contributed by atoms with van der Waals surface area (Å²) < 4.78 is 0. The van der Waals surface area contributed by atoms with E-state index >= 15 is 0 Å². The van der Waals surface area contributed by atoms with Crippen molar-refractivity contribution < 1.29 is 15.0 Å². The number of nitrogens with one attached hydrogen (secondary N) is 1. The molecule has 36 heavy (non-hydrogen) atoms. The van der Waals surface area contributed by atoms with E-state index in [0.717, 1.165) is 25.7 Å². The zero-order valence-corrected chi connectivity index (χ0v) is 24.3. The maximum atomic E-state index is 12.1. The summed E-state index contributed by atoms with van der Waals surface area (Å²) >= 11 is 0. The summed E-state index contributed by atoms with van der Waals surface area (Å²) in [7, 11) is 0. The molecule has 0 rings (SSSR count). The van der Waals surface area contributed by atoms with Crippen LogP contribution >= 0.6 is 0 Å². The SMILES string of the molecule is CCCCCCCCCCCCCCCCC/C=C/[C@@H](O)[C@H](CO)NC(=O)CCCCCCCCC. The molecule has 0 aliphatic carbocycles. The molecule has 0 bridgehead atoms. The van der Waals surface area contributed by atoms with Crippen molar-refractivity contribution >= 4 is 5.91 Å². The molecule has 2 atom stereocenters. The molecule has 1 amide bonds. The quantitative estimate of drug-likeness (QED) is 0.0729. The molecular weight excluding hydrogens is 446 g/mol. The van der Waals surface area contributed by atoms with Crippen LogP contribution in [0.2, 0.25) is 0 Å². The molecule has 4 heteroatoms. The molecule has 0 saturated heterocycles. The van der Waals surface area contributed by atoms with Gasteiger partial charge >= 0.3 is 0 Å². The number of allylic oxidation sites excluding steroid dienone is 1. The summed E-state index contributed by atoms with van der Waals surface area (Å²) in [6.45, 7) is 4.25. The van der Waals surface area contributed by atoms with Crippen molar-refractivity contribution in [3.63, 3.8) is 0 Å². The van der Waals surface area contributed by atoms with Crippen LogP contribution in [-0.2, 0) is 4.79 Å². The van der Waals surface area contributed by atoms with Gasteiger partial charge in [0.25, 0.3) is 0 Å². The molecule has 0 saturated carbocycles.